The Morgan fingerprint density at radius 3 is 2.67 bits per heavy atom. The van der Waals surface area contributed by atoms with Gasteiger partial charge < -0.3 is 4.74 Å². The third-order valence-electron chi connectivity index (χ3n) is 3.03. The number of hydrogen-bond donors (Lipinski definition) is 0. The van der Waals surface area contributed by atoms with Gasteiger partial charge in [0.25, 0.3) is 0 Å². The van der Waals surface area contributed by atoms with Crippen molar-refractivity contribution in [1.82, 2.24) is 0 Å². The fourth-order valence-electron chi connectivity index (χ4n) is 1.90. The van der Waals surface area contributed by atoms with Crippen molar-refractivity contribution in [3.05, 3.63) is 76.8 Å². The van der Waals surface area contributed by atoms with Crippen LogP contribution < -0.4 is 0 Å². The Balaban J connectivity index is 1.86. The van der Waals surface area contributed by atoms with Crippen LogP contribution in [0.1, 0.15) is 22.8 Å². The van der Waals surface area contributed by atoms with Gasteiger partial charge in [0, 0.05) is 10.6 Å². The summed E-state index contributed by atoms with van der Waals surface area (Å²) in [5.74, 6) is -0.0642. The number of Topliss-reactive ketones (excluding diaryl/α,β-unsaturated/α-hetero) is 1. The topological polar surface area (TPSA) is 26.3 Å². The minimum absolute atomic E-state index is 0.0642. The number of ketones is 1. The molecule has 0 N–H and O–H groups in total. The van der Waals surface area contributed by atoms with Gasteiger partial charge in [0.15, 0.2) is 5.78 Å². The molecule has 2 rings (SSSR count). The summed E-state index contributed by atoms with van der Waals surface area (Å²) in [7, 11) is 0. The second-order valence-corrected chi connectivity index (χ2v) is 5.10. The SMILES string of the molecule is CC(OCC=Cc1ccccc1)C(=O)c1cccc(Cl)c1. The molecule has 0 radical (unpaired) electrons. The van der Waals surface area contributed by atoms with E-state index in [1.54, 1.807) is 31.2 Å². The van der Waals surface area contributed by atoms with E-state index < -0.39 is 6.10 Å². The maximum atomic E-state index is 12.2. The predicted molar refractivity (Wildman–Crippen MR) is 86.7 cm³/mol. The van der Waals surface area contributed by atoms with E-state index in [9.17, 15) is 4.79 Å². The van der Waals surface area contributed by atoms with E-state index in [0.29, 0.717) is 17.2 Å². The number of carbonyl (C=O) groups excluding carboxylic acids is 1. The Bertz CT molecular complexity index is 620. The first-order valence-electron chi connectivity index (χ1n) is 6.80. The average molecular weight is 301 g/mol. The van der Waals surface area contributed by atoms with Gasteiger partial charge in [-0.2, -0.15) is 0 Å². The molecule has 0 aliphatic heterocycles. The first kappa shape index (κ1) is 15.5. The quantitative estimate of drug-likeness (QED) is 0.726. The van der Waals surface area contributed by atoms with Gasteiger partial charge >= 0.3 is 0 Å². The highest BCUT2D eigenvalue weighted by molar-refractivity contribution is 6.31. The van der Waals surface area contributed by atoms with Crippen LogP contribution in [0, 0.1) is 0 Å². The van der Waals surface area contributed by atoms with Gasteiger partial charge in [0.1, 0.15) is 6.10 Å². The molecule has 0 aliphatic rings. The average Bonchev–Trinajstić information content (AvgIpc) is 2.51. The van der Waals surface area contributed by atoms with Crippen LogP contribution in [0.4, 0.5) is 0 Å². The molecule has 0 aromatic heterocycles. The minimum Gasteiger partial charge on any atom is -0.366 e. The smallest absolute Gasteiger partial charge is 0.191 e. The maximum absolute atomic E-state index is 12.2. The molecule has 0 spiro atoms. The van der Waals surface area contributed by atoms with Crippen LogP contribution in [-0.2, 0) is 4.74 Å². The Hall–Kier alpha value is -1.90. The van der Waals surface area contributed by atoms with Crippen LogP contribution in [0.15, 0.2) is 60.7 Å². The second-order valence-electron chi connectivity index (χ2n) is 4.66. The highest BCUT2D eigenvalue weighted by Crippen LogP contribution is 2.13. The van der Waals surface area contributed by atoms with Crippen LogP contribution in [-0.4, -0.2) is 18.5 Å². The largest absolute Gasteiger partial charge is 0.366 e. The summed E-state index contributed by atoms with van der Waals surface area (Å²) in [6.45, 7) is 2.14. The number of benzene rings is 2. The lowest BCUT2D eigenvalue weighted by Crippen LogP contribution is -2.20. The summed E-state index contributed by atoms with van der Waals surface area (Å²) >= 11 is 5.88. The van der Waals surface area contributed by atoms with Crippen LogP contribution in [0.2, 0.25) is 5.02 Å². The molecule has 2 aromatic rings. The number of halogens is 1. The van der Waals surface area contributed by atoms with Crippen molar-refractivity contribution in [2.75, 3.05) is 6.61 Å². The standard InChI is InChI=1S/C18H17ClO2/c1-14(18(20)16-10-5-11-17(19)13-16)21-12-6-9-15-7-3-2-4-8-15/h2-11,13-14H,12H2,1H3. The first-order chi connectivity index (χ1) is 10.2. The van der Waals surface area contributed by atoms with Crippen molar-refractivity contribution in [1.29, 1.82) is 0 Å². The molecule has 2 aromatic carbocycles. The van der Waals surface area contributed by atoms with Gasteiger partial charge in [-0.05, 0) is 24.6 Å². The van der Waals surface area contributed by atoms with E-state index in [1.807, 2.05) is 42.5 Å². The fraction of sp³-hybridized carbons (Fsp3) is 0.167. The lowest BCUT2D eigenvalue weighted by molar-refractivity contribution is 0.0567. The van der Waals surface area contributed by atoms with E-state index in [2.05, 4.69) is 0 Å². The summed E-state index contributed by atoms with van der Waals surface area (Å²) < 4.78 is 5.54. The van der Waals surface area contributed by atoms with Gasteiger partial charge in [-0.15, -0.1) is 0 Å². The van der Waals surface area contributed by atoms with Crippen LogP contribution >= 0.6 is 11.6 Å². The van der Waals surface area contributed by atoms with E-state index in [4.69, 9.17) is 16.3 Å². The van der Waals surface area contributed by atoms with Crippen molar-refractivity contribution in [2.24, 2.45) is 0 Å². The Labute approximate surface area is 130 Å². The van der Waals surface area contributed by atoms with E-state index in [0.717, 1.165) is 5.56 Å². The monoisotopic (exact) mass is 300 g/mol. The highest BCUT2D eigenvalue weighted by atomic mass is 35.5. The van der Waals surface area contributed by atoms with Crippen molar-refractivity contribution in [2.45, 2.75) is 13.0 Å². The first-order valence-corrected chi connectivity index (χ1v) is 7.17. The summed E-state index contributed by atoms with van der Waals surface area (Å²) in [5, 5.41) is 0.553. The summed E-state index contributed by atoms with van der Waals surface area (Å²) in [5.41, 5.74) is 1.68. The van der Waals surface area contributed by atoms with Gasteiger partial charge in [-0.3, -0.25) is 4.79 Å². The Morgan fingerprint density at radius 2 is 1.95 bits per heavy atom. The number of ether oxygens (including phenoxy) is 1. The molecule has 0 bridgehead atoms. The van der Waals surface area contributed by atoms with Crippen molar-refractivity contribution in [3.8, 4) is 0 Å². The van der Waals surface area contributed by atoms with Crippen molar-refractivity contribution >= 4 is 23.5 Å². The molecule has 0 amide bonds. The van der Waals surface area contributed by atoms with Crippen LogP contribution in [0.5, 0.6) is 0 Å². The number of carbonyl (C=O) groups is 1. The van der Waals surface area contributed by atoms with E-state index in [-0.39, 0.29) is 5.78 Å². The molecule has 0 fully saturated rings. The lowest BCUT2D eigenvalue weighted by atomic mass is 10.1. The molecule has 1 unspecified atom stereocenters. The van der Waals surface area contributed by atoms with Crippen LogP contribution in [0.25, 0.3) is 6.08 Å². The third kappa shape index (κ3) is 4.85. The molecular weight excluding hydrogens is 284 g/mol. The third-order valence-corrected chi connectivity index (χ3v) is 3.27. The van der Waals surface area contributed by atoms with E-state index in [1.165, 1.54) is 0 Å². The molecule has 1 atom stereocenters. The van der Waals surface area contributed by atoms with Gasteiger partial charge in [-0.25, -0.2) is 0 Å². The molecule has 0 saturated heterocycles. The number of rotatable bonds is 6. The zero-order valence-corrected chi connectivity index (χ0v) is 12.6. The van der Waals surface area contributed by atoms with E-state index >= 15 is 0 Å². The molecule has 0 aliphatic carbocycles. The summed E-state index contributed by atoms with van der Waals surface area (Å²) in [6.07, 6.45) is 3.37. The highest BCUT2D eigenvalue weighted by Gasteiger charge is 2.15. The van der Waals surface area contributed by atoms with Crippen molar-refractivity contribution in [3.63, 3.8) is 0 Å². The lowest BCUT2D eigenvalue weighted by Gasteiger charge is -2.10. The normalized spacial score (nSPS) is 12.5. The molecule has 108 valence electrons. The van der Waals surface area contributed by atoms with Crippen LogP contribution in [0.3, 0.4) is 0 Å². The minimum atomic E-state index is -0.496. The Kier molecular flexibility index (Phi) is 5.73. The zero-order chi connectivity index (χ0) is 15.1. The molecule has 0 heterocycles. The van der Waals surface area contributed by atoms with Crippen molar-refractivity contribution < 1.29 is 9.53 Å². The molecule has 3 heteroatoms. The molecule has 21 heavy (non-hydrogen) atoms. The van der Waals surface area contributed by atoms with Gasteiger partial charge in [-0.1, -0.05) is 66.2 Å². The molecule has 0 saturated carbocycles. The molecular formula is C18H17ClO2. The maximum Gasteiger partial charge on any atom is 0.191 e. The Morgan fingerprint density at radius 1 is 1.19 bits per heavy atom. The summed E-state index contributed by atoms with van der Waals surface area (Å²) in [4.78, 5) is 12.2. The fourth-order valence-corrected chi connectivity index (χ4v) is 2.09. The summed E-state index contributed by atoms with van der Waals surface area (Å²) in [6, 6.07) is 16.9. The van der Waals surface area contributed by atoms with Gasteiger partial charge in [0.2, 0.25) is 0 Å². The second kappa shape index (κ2) is 7.77. The predicted octanol–water partition coefficient (Wildman–Crippen LogP) is 4.64. The zero-order valence-electron chi connectivity index (χ0n) is 11.8. The number of hydrogen-bond acceptors (Lipinski definition) is 2. The van der Waals surface area contributed by atoms with Gasteiger partial charge in [0.05, 0.1) is 6.61 Å². The molecule has 2 nitrogen and oxygen atoms in total.